The Morgan fingerprint density at radius 2 is 2.19 bits per heavy atom. The summed E-state index contributed by atoms with van der Waals surface area (Å²) in [5.41, 5.74) is -0.817. The van der Waals surface area contributed by atoms with E-state index in [9.17, 15) is 4.79 Å². The quantitative estimate of drug-likeness (QED) is 0.750. The van der Waals surface area contributed by atoms with Crippen LogP contribution >= 0.6 is 0 Å². The summed E-state index contributed by atoms with van der Waals surface area (Å²) in [6, 6.07) is 2.03. The molecule has 1 rings (SSSR count). The normalized spacial score (nSPS) is 32.1. The molecule has 0 spiro atoms. The summed E-state index contributed by atoms with van der Waals surface area (Å²) >= 11 is 0. The first-order chi connectivity index (χ1) is 7.45. The van der Waals surface area contributed by atoms with Crippen LogP contribution in [0.25, 0.3) is 0 Å². The number of nitrogens with one attached hydrogen (secondary N) is 1. The third-order valence-electron chi connectivity index (χ3n) is 3.54. The van der Waals surface area contributed by atoms with E-state index in [0.717, 1.165) is 0 Å². The van der Waals surface area contributed by atoms with Crippen molar-refractivity contribution in [3.8, 4) is 6.07 Å². The second-order valence-electron chi connectivity index (χ2n) is 5.13. The third-order valence-corrected chi connectivity index (χ3v) is 3.54. The van der Waals surface area contributed by atoms with Crippen molar-refractivity contribution in [2.24, 2.45) is 17.3 Å². The van der Waals surface area contributed by atoms with Gasteiger partial charge in [-0.2, -0.15) is 5.26 Å². The molecule has 90 valence electrons. The van der Waals surface area contributed by atoms with Crippen LogP contribution in [-0.2, 0) is 4.79 Å². The molecule has 0 heterocycles. The van der Waals surface area contributed by atoms with Gasteiger partial charge in [0.2, 0.25) is 5.91 Å². The number of hydrogen-bond acceptors (Lipinski definition) is 3. The molecule has 1 aliphatic rings. The molecule has 2 atom stereocenters. The number of rotatable bonds is 4. The highest BCUT2D eigenvalue weighted by atomic mass is 16.3. The maximum atomic E-state index is 11.9. The lowest BCUT2D eigenvalue weighted by molar-refractivity contribution is -0.135. The Labute approximate surface area is 96.6 Å². The largest absolute Gasteiger partial charge is 0.396 e. The highest BCUT2D eigenvalue weighted by molar-refractivity contribution is 5.86. The fraction of sp³-hybridized carbons (Fsp3) is 0.833. The maximum absolute atomic E-state index is 11.9. The molecule has 2 N–H and O–H groups in total. The van der Waals surface area contributed by atoms with E-state index in [1.54, 1.807) is 0 Å². The molecule has 1 aliphatic carbocycles. The van der Waals surface area contributed by atoms with E-state index in [4.69, 9.17) is 10.4 Å². The average Bonchev–Trinajstić information content (AvgIpc) is 2.22. The lowest BCUT2D eigenvalue weighted by atomic mass is 9.63. The molecular weight excluding hydrogens is 204 g/mol. The molecule has 0 aromatic heterocycles. The zero-order chi connectivity index (χ0) is 12.3. The van der Waals surface area contributed by atoms with E-state index in [1.165, 1.54) is 0 Å². The van der Waals surface area contributed by atoms with Crippen molar-refractivity contribution in [2.45, 2.75) is 39.7 Å². The molecule has 4 heteroatoms. The van der Waals surface area contributed by atoms with E-state index in [1.807, 2.05) is 20.8 Å². The minimum Gasteiger partial charge on any atom is -0.396 e. The molecule has 0 aromatic rings. The standard InChI is InChI=1S/C12H20N2O2/c1-8-4-12(5-8,7-13)11(16)14-10(3)9(2)6-15/h8-10,15H,4-6H2,1-3H3,(H,14,16). The molecule has 0 saturated heterocycles. The van der Waals surface area contributed by atoms with Crippen LogP contribution < -0.4 is 5.32 Å². The summed E-state index contributed by atoms with van der Waals surface area (Å²) < 4.78 is 0. The molecular formula is C12H20N2O2. The SMILES string of the molecule is CC1CC(C#N)(C(=O)NC(C)C(C)CO)C1. The van der Waals surface area contributed by atoms with Crippen LogP contribution in [0.2, 0.25) is 0 Å². The van der Waals surface area contributed by atoms with Gasteiger partial charge in [-0.15, -0.1) is 0 Å². The van der Waals surface area contributed by atoms with Crippen LogP contribution in [-0.4, -0.2) is 23.7 Å². The highest BCUT2D eigenvalue weighted by Crippen LogP contribution is 2.45. The first kappa shape index (κ1) is 13.0. The van der Waals surface area contributed by atoms with Gasteiger partial charge in [0.05, 0.1) is 6.07 Å². The van der Waals surface area contributed by atoms with Gasteiger partial charge in [0.1, 0.15) is 5.41 Å². The van der Waals surface area contributed by atoms with Crippen molar-refractivity contribution in [1.29, 1.82) is 5.26 Å². The van der Waals surface area contributed by atoms with Gasteiger partial charge in [0.15, 0.2) is 0 Å². The van der Waals surface area contributed by atoms with Crippen molar-refractivity contribution in [3.63, 3.8) is 0 Å². The molecule has 1 saturated carbocycles. The summed E-state index contributed by atoms with van der Waals surface area (Å²) in [6.07, 6.45) is 1.30. The number of aliphatic hydroxyl groups excluding tert-OH is 1. The second kappa shape index (κ2) is 4.84. The second-order valence-corrected chi connectivity index (χ2v) is 5.13. The number of amides is 1. The fourth-order valence-electron chi connectivity index (χ4n) is 2.10. The average molecular weight is 224 g/mol. The Hall–Kier alpha value is -1.08. The Morgan fingerprint density at radius 1 is 1.62 bits per heavy atom. The van der Waals surface area contributed by atoms with Gasteiger partial charge < -0.3 is 10.4 Å². The molecule has 1 amide bonds. The summed E-state index contributed by atoms with van der Waals surface area (Å²) in [4.78, 5) is 11.9. The topological polar surface area (TPSA) is 73.1 Å². The molecule has 16 heavy (non-hydrogen) atoms. The first-order valence-electron chi connectivity index (χ1n) is 5.78. The van der Waals surface area contributed by atoms with Crippen molar-refractivity contribution in [3.05, 3.63) is 0 Å². The number of hydrogen-bond donors (Lipinski definition) is 2. The van der Waals surface area contributed by atoms with Crippen molar-refractivity contribution >= 4 is 5.91 Å². The van der Waals surface area contributed by atoms with E-state index in [-0.39, 0.29) is 24.5 Å². The molecule has 2 unspecified atom stereocenters. The van der Waals surface area contributed by atoms with Crippen molar-refractivity contribution in [2.75, 3.05) is 6.61 Å². The molecule has 1 fully saturated rings. The van der Waals surface area contributed by atoms with E-state index in [2.05, 4.69) is 11.4 Å². The molecule has 0 aromatic carbocycles. The lowest BCUT2D eigenvalue weighted by Crippen LogP contribution is -2.51. The number of aliphatic hydroxyl groups is 1. The minimum atomic E-state index is -0.817. The van der Waals surface area contributed by atoms with Crippen LogP contribution in [0.3, 0.4) is 0 Å². The number of nitrogens with zero attached hydrogens (tertiary/aromatic N) is 1. The number of carbonyl (C=O) groups is 1. The van der Waals surface area contributed by atoms with E-state index >= 15 is 0 Å². The Morgan fingerprint density at radius 3 is 2.56 bits per heavy atom. The van der Waals surface area contributed by atoms with Crippen LogP contribution in [0.15, 0.2) is 0 Å². The molecule has 0 radical (unpaired) electrons. The van der Waals surface area contributed by atoms with Gasteiger partial charge in [0.25, 0.3) is 0 Å². The summed E-state index contributed by atoms with van der Waals surface area (Å²) in [6.45, 7) is 5.80. The maximum Gasteiger partial charge on any atom is 0.240 e. The first-order valence-corrected chi connectivity index (χ1v) is 5.78. The van der Waals surface area contributed by atoms with Crippen LogP contribution in [0.4, 0.5) is 0 Å². The van der Waals surface area contributed by atoms with Gasteiger partial charge in [-0.25, -0.2) is 0 Å². The zero-order valence-corrected chi connectivity index (χ0v) is 10.2. The number of carbonyl (C=O) groups excluding carboxylic acids is 1. The van der Waals surface area contributed by atoms with Crippen molar-refractivity contribution in [1.82, 2.24) is 5.32 Å². The van der Waals surface area contributed by atoms with Gasteiger partial charge in [0, 0.05) is 12.6 Å². The van der Waals surface area contributed by atoms with Gasteiger partial charge in [-0.3, -0.25) is 4.79 Å². The Balaban J connectivity index is 2.56. The summed E-state index contributed by atoms with van der Waals surface area (Å²) in [7, 11) is 0. The lowest BCUT2D eigenvalue weighted by Gasteiger charge is -2.40. The number of nitriles is 1. The van der Waals surface area contributed by atoms with E-state index in [0.29, 0.717) is 18.8 Å². The summed E-state index contributed by atoms with van der Waals surface area (Å²) in [5, 5.41) is 20.9. The zero-order valence-electron chi connectivity index (χ0n) is 10.2. The summed E-state index contributed by atoms with van der Waals surface area (Å²) in [5.74, 6) is 0.286. The van der Waals surface area contributed by atoms with Gasteiger partial charge >= 0.3 is 0 Å². The molecule has 4 nitrogen and oxygen atoms in total. The van der Waals surface area contributed by atoms with Crippen LogP contribution in [0.5, 0.6) is 0 Å². The Kier molecular flexibility index (Phi) is 3.93. The molecule has 0 bridgehead atoms. The van der Waals surface area contributed by atoms with Gasteiger partial charge in [-0.05, 0) is 31.6 Å². The van der Waals surface area contributed by atoms with Gasteiger partial charge in [-0.1, -0.05) is 13.8 Å². The third kappa shape index (κ3) is 2.35. The highest BCUT2D eigenvalue weighted by Gasteiger charge is 2.49. The van der Waals surface area contributed by atoms with Crippen LogP contribution in [0, 0.1) is 28.6 Å². The van der Waals surface area contributed by atoms with E-state index < -0.39 is 5.41 Å². The predicted molar refractivity (Wildman–Crippen MR) is 60.3 cm³/mol. The molecule has 0 aliphatic heterocycles. The fourth-order valence-corrected chi connectivity index (χ4v) is 2.10. The monoisotopic (exact) mass is 224 g/mol. The Bertz CT molecular complexity index is 303. The predicted octanol–water partition coefficient (Wildman–Crippen LogP) is 1.06. The smallest absolute Gasteiger partial charge is 0.240 e. The van der Waals surface area contributed by atoms with Crippen LogP contribution in [0.1, 0.15) is 33.6 Å². The van der Waals surface area contributed by atoms with Crippen molar-refractivity contribution < 1.29 is 9.90 Å². The minimum absolute atomic E-state index is 0.0113.